The molecule has 1 atom stereocenters. The Morgan fingerprint density at radius 3 is 2.46 bits per heavy atom. The quantitative estimate of drug-likeness (QED) is 0.696. The van der Waals surface area contributed by atoms with Gasteiger partial charge in [-0.05, 0) is 18.6 Å². The van der Waals surface area contributed by atoms with Crippen LogP contribution < -0.4 is 5.73 Å². The summed E-state index contributed by atoms with van der Waals surface area (Å²) < 4.78 is 0. The van der Waals surface area contributed by atoms with Crippen LogP contribution in [0.3, 0.4) is 0 Å². The van der Waals surface area contributed by atoms with Crippen LogP contribution in [-0.4, -0.2) is 0 Å². The van der Waals surface area contributed by atoms with E-state index in [4.69, 9.17) is 5.73 Å². The number of nitrogens with zero attached hydrogens (tertiary/aromatic N) is 2. The Hall–Kier alpha value is -1.64. The van der Waals surface area contributed by atoms with Crippen LogP contribution in [0.2, 0.25) is 0 Å². The summed E-state index contributed by atoms with van der Waals surface area (Å²) in [4.78, 5) is 0. The average molecular weight is 173 g/mol. The van der Waals surface area contributed by atoms with Gasteiger partial charge in [-0.3, -0.25) is 0 Å². The van der Waals surface area contributed by atoms with Crippen molar-refractivity contribution >= 4 is 0 Å². The maximum absolute atomic E-state index is 5.49. The molecule has 0 fully saturated rings. The lowest BCUT2D eigenvalue weighted by Crippen LogP contribution is -1.91. The zero-order valence-corrected chi connectivity index (χ0v) is 7.44. The fourth-order valence-corrected chi connectivity index (χ4v) is 1.28. The molecule has 1 aromatic carbocycles. The summed E-state index contributed by atoms with van der Waals surface area (Å²) in [5.41, 5.74) is 7.87. The van der Waals surface area contributed by atoms with E-state index in [1.807, 2.05) is 18.2 Å². The number of nitrogens with two attached hydrogens (primary N) is 1. The van der Waals surface area contributed by atoms with E-state index in [-0.39, 0.29) is 6.04 Å². The molecule has 0 aromatic heterocycles. The van der Waals surface area contributed by atoms with Gasteiger partial charge in [0, 0.05) is 0 Å². The normalized spacial score (nSPS) is 20.4. The number of azo groups is 1. The zero-order valence-electron chi connectivity index (χ0n) is 7.44. The number of hydrogen-bond acceptors (Lipinski definition) is 3. The minimum Gasteiger partial charge on any atom is -0.382 e. The van der Waals surface area contributed by atoms with E-state index < -0.39 is 0 Å². The molecule has 3 nitrogen and oxygen atoms in total. The van der Waals surface area contributed by atoms with Crippen LogP contribution in [0.25, 0.3) is 0 Å². The molecule has 0 spiro atoms. The van der Waals surface area contributed by atoms with E-state index in [1.165, 1.54) is 5.56 Å². The predicted molar refractivity (Wildman–Crippen MR) is 51.0 cm³/mol. The van der Waals surface area contributed by atoms with Crippen LogP contribution in [0.5, 0.6) is 0 Å². The smallest absolute Gasteiger partial charge is 0.144 e. The third-order valence-corrected chi connectivity index (χ3v) is 2.05. The summed E-state index contributed by atoms with van der Waals surface area (Å²) in [5.74, 6) is 0.505. The van der Waals surface area contributed by atoms with Gasteiger partial charge in [-0.1, -0.05) is 29.8 Å². The topological polar surface area (TPSA) is 50.7 Å². The molecule has 13 heavy (non-hydrogen) atoms. The van der Waals surface area contributed by atoms with Crippen molar-refractivity contribution in [3.05, 3.63) is 47.3 Å². The minimum atomic E-state index is 0.0144. The summed E-state index contributed by atoms with van der Waals surface area (Å²) in [7, 11) is 0. The van der Waals surface area contributed by atoms with Gasteiger partial charge in [0.05, 0.1) is 0 Å². The molecule has 0 saturated heterocycles. The molecule has 0 saturated carbocycles. The van der Waals surface area contributed by atoms with Crippen molar-refractivity contribution in [2.24, 2.45) is 16.0 Å². The van der Waals surface area contributed by atoms with Gasteiger partial charge in [0.15, 0.2) is 0 Å². The molecule has 1 aliphatic heterocycles. The van der Waals surface area contributed by atoms with Gasteiger partial charge >= 0.3 is 0 Å². The van der Waals surface area contributed by atoms with Crippen LogP contribution >= 0.6 is 0 Å². The lowest BCUT2D eigenvalue weighted by Gasteiger charge is -2.02. The first-order valence-corrected chi connectivity index (χ1v) is 4.20. The first-order valence-electron chi connectivity index (χ1n) is 4.20. The molecular formula is C10H11N3. The van der Waals surface area contributed by atoms with Gasteiger partial charge in [-0.15, -0.1) is 5.11 Å². The summed E-state index contributed by atoms with van der Waals surface area (Å²) >= 11 is 0. The highest BCUT2D eigenvalue weighted by Gasteiger charge is 2.12. The molecule has 0 aliphatic carbocycles. The van der Waals surface area contributed by atoms with Gasteiger partial charge in [-0.2, -0.15) is 5.11 Å². The summed E-state index contributed by atoms with van der Waals surface area (Å²) in [5, 5.41) is 7.80. The van der Waals surface area contributed by atoms with E-state index in [0.717, 1.165) is 5.56 Å². The SMILES string of the molecule is Cc1ccc([C@@H]2C=C(N)N=N2)cc1. The van der Waals surface area contributed by atoms with Crippen molar-refractivity contribution in [1.29, 1.82) is 0 Å². The highest BCUT2D eigenvalue weighted by molar-refractivity contribution is 5.28. The van der Waals surface area contributed by atoms with Crippen LogP contribution in [0.1, 0.15) is 17.2 Å². The second-order valence-electron chi connectivity index (χ2n) is 3.16. The minimum absolute atomic E-state index is 0.0144. The van der Waals surface area contributed by atoms with E-state index in [0.29, 0.717) is 5.82 Å². The van der Waals surface area contributed by atoms with Crippen molar-refractivity contribution in [2.75, 3.05) is 0 Å². The number of benzene rings is 1. The molecule has 0 amide bonds. The second kappa shape index (κ2) is 3.01. The molecule has 3 heteroatoms. The fraction of sp³-hybridized carbons (Fsp3) is 0.200. The van der Waals surface area contributed by atoms with Crippen molar-refractivity contribution in [3.8, 4) is 0 Å². The number of hydrogen-bond donors (Lipinski definition) is 1. The average Bonchev–Trinajstić information content (AvgIpc) is 2.53. The second-order valence-corrected chi connectivity index (χ2v) is 3.16. The Morgan fingerprint density at radius 2 is 1.92 bits per heavy atom. The Bertz CT molecular complexity index is 362. The highest BCUT2D eigenvalue weighted by atomic mass is 15.2. The number of aryl methyl sites for hydroxylation is 1. The summed E-state index contributed by atoms with van der Waals surface area (Å²) in [6.45, 7) is 2.06. The first-order chi connectivity index (χ1) is 6.25. The van der Waals surface area contributed by atoms with Gasteiger partial charge < -0.3 is 5.73 Å². The zero-order chi connectivity index (χ0) is 9.26. The predicted octanol–water partition coefficient (Wildman–Crippen LogP) is 2.30. The molecule has 66 valence electrons. The molecule has 2 N–H and O–H groups in total. The van der Waals surface area contributed by atoms with Crippen molar-refractivity contribution < 1.29 is 0 Å². The van der Waals surface area contributed by atoms with Crippen molar-refractivity contribution in [1.82, 2.24) is 0 Å². The van der Waals surface area contributed by atoms with Crippen LogP contribution in [0.15, 0.2) is 46.4 Å². The molecule has 2 rings (SSSR count). The first kappa shape index (κ1) is 7.98. The van der Waals surface area contributed by atoms with E-state index in [9.17, 15) is 0 Å². The van der Waals surface area contributed by atoms with Gasteiger partial charge in [0.1, 0.15) is 11.9 Å². The Kier molecular flexibility index (Phi) is 1.85. The highest BCUT2D eigenvalue weighted by Crippen LogP contribution is 2.25. The van der Waals surface area contributed by atoms with Crippen molar-refractivity contribution in [2.45, 2.75) is 13.0 Å². The lowest BCUT2D eigenvalue weighted by atomic mass is 10.1. The lowest BCUT2D eigenvalue weighted by molar-refractivity contribution is 0.878. The van der Waals surface area contributed by atoms with Crippen molar-refractivity contribution in [3.63, 3.8) is 0 Å². The van der Waals surface area contributed by atoms with E-state index in [1.54, 1.807) is 0 Å². The largest absolute Gasteiger partial charge is 0.382 e. The maximum atomic E-state index is 5.49. The Labute approximate surface area is 77.0 Å². The summed E-state index contributed by atoms with van der Waals surface area (Å²) in [6.07, 6.45) is 1.85. The number of rotatable bonds is 1. The van der Waals surface area contributed by atoms with E-state index >= 15 is 0 Å². The molecule has 0 unspecified atom stereocenters. The molecule has 1 aliphatic rings. The van der Waals surface area contributed by atoms with Gasteiger partial charge in [0.25, 0.3) is 0 Å². The monoisotopic (exact) mass is 173 g/mol. The molecule has 0 bridgehead atoms. The third-order valence-electron chi connectivity index (χ3n) is 2.05. The standard InChI is InChI=1S/C10H11N3/c1-7-2-4-8(5-3-7)9-6-10(11)13-12-9/h2-6,9H,11H2,1H3/t9-/m0/s1. The molecule has 0 radical (unpaired) electrons. The van der Waals surface area contributed by atoms with Crippen LogP contribution in [-0.2, 0) is 0 Å². The van der Waals surface area contributed by atoms with Gasteiger partial charge in [0.2, 0.25) is 0 Å². The molecular weight excluding hydrogens is 162 g/mol. The fourth-order valence-electron chi connectivity index (χ4n) is 1.28. The van der Waals surface area contributed by atoms with Crippen LogP contribution in [0.4, 0.5) is 0 Å². The Balaban J connectivity index is 2.28. The Morgan fingerprint density at radius 1 is 1.23 bits per heavy atom. The molecule has 1 aromatic rings. The molecule has 1 heterocycles. The third kappa shape index (κ3) is 1.59. The summed E-state index contributed by atoms with van der Waals surface area (Å²) in [6, 6.07) is 8.24. The van der Waals surface area contributed by atoms with Gasteiger partial charge in [-0.25, -0.2) is 0 Å². The maximum Gasteiger partial charge on any atom is 0.144 e. The van der Waals surface area contributed by atoms with Crippen LogP contribution in [0, 0.1) is 6.92 Å². The van der Waals surface area contributed by atoms with E-state index in [2.05, 4.69) is 29.3 Å².